The summed E-state index contributed by atoms with van der Waals surface area (Å²) >= 11 is 0. The van der Waals surface area contributed by atoms with E-state index >= 15 is 0 Å². The van der Waals surface area contributed by atoms with Crippen molar-refractivity contribution in [1.82, 2.24) is 0 Å². The van der Waals surface area contributed by atoms with Gasteiger partial charge in [-0.1, -0.05) is 30.3 Å². The SMILES string of the molecule is N[C@H](C(=O)O)C(c1ccccc1)[N+](=O)[O-]. The molecule has 0 fully saturated rings. The Labute approximate surface area is 85.5 Å². The lowest BCUT2D eigenvalue weighted by Crippen LogP contribution is -2.40. The molecular weight excluding hydrogens is 200 g/mol. The highest BCUT2D eigenvalue weighted by Gasteiger charge is 2.35. The second-order valence-electron chi connectivity index (χ2n) is 3.00. The first-order valence-corrected chi connectivity index (χ1v) is 4.21. The van der Waals surface area contributed by atoms with Crippen molar-refractivity contribution in [3.63, 3.8) is 0 Å². The molecule has 0 bridgehead atoms. The van der Waals surface area contributed by atoms with Crippen LogP contribution in [0.4, 0.5) is 0 Å². The maximum atomic E-state index is 10.7. The van der Waals surface area contributed by atoms with Gasteiger partial charge in [-0.25, -0.2) is 0 Å². The van der Waals surface area contributed by atoms with Crippen LogP contribution < -0.4 is 5.73 Å². The van der Waals surface area contributed by atoms with E-state index in [4.69, 9.17) is 10.8 Å². The molecule has 0 amide bonds. The number of nitrogens with zero attached hydrogens (tertiary/aromatic N) is 1. The Balaban J connectivity index is 3.04. The highest BCUT2D eigenvalue weighted by Crippen LogP contribution is 2.19. The summed E-state index contributed by atoms with van der Waals surface area (Å²) in [4.78, 5) is 20.6. The fourth-order valence-electron chi connectivity index (χ4n) is 1.25. The molecule has 0 aromatic heterocycles. The Morgan fingerprint density at radius 1 is 1.40 bits per heavy atom. The second kappa shape index (κ2) is 4.52. The van der Waals surface area contributed by atoms with E-state index in [0.29, 0.717) is 0 Å². The van der Waals surface area contributed by atoms with Gasteiger partial charge in [-0.15, -0.1) is 0 Å². The Hall–Kier alpha value is -1.95. The van der Waals surface area contributed by atoms with Crippen LogP contribution in [0.3, 0.4) is 0 Å². The fraction of sp³-hybridized carbons (Fsp3) is 0.222. The topological polar surface area (TPSA) is 106 Å². The van der Waals surface area contributed by atoms with Gasteiger partial charge < -0.3 is 10.8 Å². The molecule has 80 valence electrons. The summed E-state index contributed by atoms with van der Waals surface area (Å²) in [6, 6.07) is 4.89. The number of nitrogens with two attached hydrogens (primary N) is 1. The number of hydrogen-bond donors (Lipinski definition) is 2. The monoisotopic (exact) mass is 210 g/mol. The van der Waals surface area contributed by atoms with Gasteiger partial charge in [-0.3, -0.25) is 14.9 Å². The lowest BCUT2D eigenvalue weighted by atomic mass is 10.0. The molecule has 0 heterocycles. The van der Waals surface area contributed by atoms with Crippen LogP contribution in [0.2, 0.25) is 0 Å². The molecular formula is C9H10N2O4. The Morgan fingerprint density at radius 3 is 2.33 bits per heavy atom. The normalized spacial score (nSPS) is 14.2. The molecule has 3 N–H and O–H groups in total. The third-order valence-corrected chi connectivity index (χ3v) is 1.99. The van der Waals surface area contributed by atoms with Crippen LogP contribution in [0, 0.1) is 10.1 Å². The zero-order valence-electron chi connectivity index (χ0n) is 7.74. The second-order valence-corrected chi connectivity index (χ2v) is 3.00. The standard InChI is InChI=1S/C9H10N2O4/c10-7(9(12)13)8(11(14)15)6-4-2-1-3-5-6/h1-5,7-8H,10H2,(H,12,13)/t7-,8?/m0/s1. The highest BCUT2D eigenvalue weighted by molar-refractivity contribution is 5.74. The van der Waals surface area contributed by atoms with Crippen LogP contribution in [0.5, 0.6) is 0 Å². The molecule has 6 heteroatoms. The van der Waals surface area contributed by atoms with Gasteiger partial charge in [0.15, 0.2) is 6.04 Å². The first kappa shape index (κ1) is 11.1. The van der Waals surface area contributed by atoms with Crippen LogP contribution >= 0.6 is 0 Å². The quantitative estimate of drug-likeness (QED) is 0.553. The van der Waals surface area contributed by atoms with Gasteiger partial charge in [-0.2, -0.15) is 0 Å². The van der Waals surface area contributed by atoms with E-state index in [2.05, 4.69) is 0 Å². The minimum atomic E-state index is -1.54. The van der Waals surface area contributed by atoms with Crippen LogP contribution in [0.1, 0.15) is 11.6 Å². The largest absolute Gasteiger partial charge is 0.480 e. The van der Waals surface area contributed by atoms with E-state index in [1.165, 1.54) is 12.1 Å². The number of rotatable bonds is 4. The summed E-state index contributed by atoms with van der Waals surface area (Å²) in [5.74, 6) is -1.39. The lowest BCUT2D eigenvalue weighted by molar-refractivity contribution is -0.530. The van der Waals surface area contributed by atoms with E-state index in [-0.39, 0.29) is 5.56 Å². The van der Waals surface area contributed by atoms with E-state index < -0.39 is 23.0 Å². The van der Waals surface area contributed by atoms with Crippen molar-refractivity contribution in [1.29, 1.82) is 0 Å². The predicted octanol–water partition coefficient (Wildman–Crippen LogP) is 0.416. The molecule has 0 aliphatic carbocycles. The fourth-order valence-corrected chi connectivity index (χ4v) is 1.25. The molecule has 0 saturated carbocycles. The van der Waals surface area contributed by atoms with Gasteiger partial charge in [-0.05, 0) is 0 Å². The summed E-state index contributed by atoms with van der Waals surface area (Å²) in [7, 11) is 0. The average molecular weight is 210 g/mol. The smallest absolute Gasteiger partial charge is 0.328 e. The van der Waals surface area contributed by atoms with Crippen molar-refractivity contribution in [2.24, 2.45) is 5.73 Å². The van der Waals surface area contributed by atoms with E-state index in [0.717, 1.165) is 0 Å². The number of benzene rings is 1. The molecule has 1 rings (SSSR count). The van der Waals surface area contributed by atoms with Crippen LogP contribution in [0.25, 0.3) is 0 Å². The van der Waals surface area contributed by atoms with Gasteiger partial charge in [0, 0.05) is 10.5 Å². The number of carboxylic acid groups (broad SMARTS) is 1. The summed E-state index contributed by atoms with van der Waals surface area (Å²) in [6.45, 7) is 0. The third-order valence-electron chi connectivity index (χ3n) is 1.99. The lowest BCUT2D eigenvalue weighted by Gasteiger charge is -2.13. The number of hydrogen-bond acceptors (Lipinski definition) is 4. The molecule has 0 aliphatic heterocycles. The molecule has 0 radical (unpaired) electrons. The van der Waals surface area contributed by atoms with Gasteiger partial charge in [0.1, 0.15) is 0 Å². The van der Waals surface area contributed by atoms with Crippen LogP contribution in [-0.4, -0.2) is 22.0 Å². The molecule has 15 heavy (non-hydrogen) atoms. The van der Waals surface area contributed by atoms with Crippen LogP contribution in [-0.2, 0) is 4.79 Å². The Kier molecular flexibility index (Phi) is 3.35. The van der Waals surface area contributed by atoms with Gasteiger partial charge in [0.05, 0.1) is 0 Å². The minimum Gasteiger partial charge on any atom is -0.480 e. The minimum absolute atomic E-state index is 0.289. The molecule has 1 unspecified atom stereocenters. The summed E-state index contributed by atoms with van der Waals surface area (Å²) in [5.41, 5.74) is 5.54. The number of nitro groups is 1. The van der Waals surface area contributed by atoms with Crippen molar-refractivity contribution in [3.8, 4) is 0 Å². The van der Waals surface area contributed by atoms with E-state index in [9.17, 15) is 14.9 Å². The number of carboxylic acids is 1. The van der Waals surface area contributed by atoms with Gasteiger partial charge in [0.2, 0.25) is 0 Å². The maximum absolute atomic E-state index is 10.7. The molecule has 1 aromatic carbocycles. The molecule has 0 saturated heterocycles. The van der Waals surface area contributed by atoms with Crippen molar-refractivity contribution in [3.05, 3.63) is 46.0 Å². The molecule has 1 aromatic rings. The van der Waals surface area contributed by atoms with Crippen molar-refractivity contribution < 1.29 is 14.8 Å². The van der Waals surface area contributed by atoms with Gasteiger partial charge in [0.25, 0.3) is 6.04 Å². The van der Waals surface area contributed by atoms with E-state index in [1.807, 2.05) is 0 Å². The predicted molar refractivity (Wildman–Crippen MR) is 51.8 cm³/mol. The zero-order chi connectivity index (χ0) is 11.4. The van der Waals surface area contributed by atoms with E-state index in [1.54, 1.807) is 18.2 Å². The highest BCUT2D eigenvalue weighted by atomic mass is 16.6. The van der Waals surface area contributed by atoms with Crippen molar-refractivity contribution in [2.75, 3.05) is 0 Å². The summed E-state index contributed by atoms with van der Waals surface area (Å²) in [5, 5.41) is 19.3. The Morgan fingerprint density at radius 2 is 1.93 bits per heavy atom. The molecule has 2 atom stereocenters. The number of aliphatic carboxylic acids is 1. The van der Waals surface area contributed by atoms with Crippen LogP contribution in [0.15, 0.2) is 30.3 Å². The van der Waals surface area contributed by atoms with Gasteiger partial charge >= 0.3 is 5.97 Å². The molecule has 0 aliphatic rings. The molecule has 0 spiro atoms. The van der Waals surface area contributed by atoms with Crippen molar-refractivity contribution in [2.45, 2.75) is 12.1 Å². The Bertz CT molecular complexity index is 366. The average Bonchev–Trinajstić information content (AvgIpc) is 2.18. The maximum Gasteiger partial charge on any atom is 0.328 e. The summed E-state index contributed by atoms with van der Waals surface area (Å²) < 4.78 is 0. The first-order chi connectivity index (χ1) is 7.04. The molecule has 6 nitrogen and oxygen atoms in total. The zero-order valence-corrected chi connectivity index (χ0v) is 7.74. The third kappa shape index (κ3) is 2.50. The number of carbonyl (C=O) groups is 1. The summed E-state index contributed by atoms with van der Waals surface area (Å²) in [6.07, 6.45) is 0. The first-order valence-electron chi connectivity index (χ1n) is 4.21. The van der Waals surface area contributed by atoms with Crippen molar-refractivity contribution >= 4 is 5.97 Å².